The van der Waals surface area contributed by atoms with Gasteiger partial charge in [0.1, 0.15) is 0 Å². The number of ether oxygens (including phenoxy) is 2. The summed E-state index contributed by atoms with van der Waals surface area (Å²) in [5, 5.41) is 2.50. The van der Waals surface area contributed by atoms with E-state index >= 15 is 0 Å². The van der Waals surface area contributed by atoms with Crippen LogP contribution >= 0.6 is 11.8 Å². The smallest absolute Gasteiger partial charge is 0.339 e. The van der Waals surface area contributed by atoms with Crippen LogP contribution in [0.25, 0.3) is 6.08 Å². The number of nitrogens with one attached hydrogen (secondary N) is 1. The van der Waals surface area contributed by atoms with Gasteiger partial charge in [0.05, 0.1) is 42.6 Å². The van der Waals surface area contributed by atoms with Crippen molar-refractivity contribution in [3.05, 3.63) is 70.1 Å². The van der Waals surface area contributed by atoms with Crippen LogP contribution < -0.4 is 5.32 Å². The van der Waals surface area contributed by atoms with E-state index in [1.54, 1.807) is 54.6 Å². The number of imide groups is 1. The van der Waals surface area contributed by atoms with Gasteiger partial charge >= 0.3 is 11.9 Å². The summed E-state index contributed by atoms with van der Waals surface area (Å²) in [6.07, 6.45) is 1.58. The predicted molar refractivity (Wildman–Crippen MR) is 112 cm³/mol. The zero-order chi connectivity index (χ0) is 21.7. The number of nitrogens with zero attached hydrogens (tertiary/aromatic N) is 1. The SMILES string of the molecule is COC(=O)c1ccc(/C=C2/SC(=O)N(CNc3ccccc3C(=O)OC)C2=O)cc1. The number of carbonyl (C=O) groups excluding carboxylic acids is 4. The third-order valence-corrected chi connectivity index (χ3v) is 5.17. The Balaban J connectivity index is 1.72. The minimum absolute atomic E-state index is 0.0999. The third kappa shape index (κ3) is 4.52. The second-order valence-electron chi connectivity index (χ2n) is 6.10. The van der Waals surface area contributed by atoms with Gasteiger partial charge in [-0.2, -0.15) is 0 Å². The van der Waals surface area contributed by atoms with Gasteiger partial charge < -0.3 is 14.8 Å². The summed E-state index contributed by atoms with van der Waals surface area (Å²) in [7, 11) is 2.57. The van der Waals surface area contributed by atoms with E-state index in [4.69, 9.17) is 4.74 Å². The number of rotatable bonds is 6. The molecule has 154 valence electrons. The number of thioether (sulfide) groups is 1. The molecule has 0 bridgehead atoms. The Morgan fingerprint density at radius 2 is 1.67 bits per heavy atom. The van der Waals surface area contributed by atoms with Crippen LogP contribution in [0.2, 0.25) is 0 Å². The summed E-state index contributed by atoms with van der Waals surface area (Å²) < 4.78 is 9.38. The fourth-order valence-corrected chi connectivity index (χ4v) is 3.55. The van der Waals surface area contributed by atoms with Gasteiger partial charge in [-0.25, -0.2) is 9.59 Å². The first kappa shape index (κ1) is 21.1. The Labute approximate surface area is 176 Å². The van der Waals surface area contributed by atoms with Crippen molar-refractivity contribution >= 4 is 46.6 Å². The van der Waals surface area contributed by atoms with E-state index in [1.165, 1.54) is 14.2 Å². The highest BCUT2D eigenvalue weighted by Gasteiger charge is 2.35. The van der Waals surface area contributed by atoms with Crippen LogP contribution in [0.15, 0.2) is 53.4 Å². The van der Waals surface area contributed by atoms with Gasteiger partial charge in [0.25, 0.3) is 11.1 Å². The molecule has 1 aliphatic heterocycles. The van der Waals surface area contributed by atoms with Crippen LogP contribution in [0.1, 0.15) is 26.3 Å². The van der Waals surface area contributed by atoms with Gasteiger partial charge in [-0.05, 0) is 47.7 Å². The fraction of sp³-hybridized carbons (Fsp3) is 0.143. The summed E-state index contributed by atoms with van der Waals surface area (Å²) >= 11 is 0.817. The van der Waals surface area contributed by atoms with Crippen molar-refractivity contribution in [2.75, 3.05) is 26.2 Å². The molecular formula is C21H18N2O6S. The Morgan fingerprint density at radius 3 is 2.33 bits per heavy atom. The normalized spacial score (nSPS) is 14.7. The molecular weight excluding hydrogens is 408 g/mol. The molecule has 0 saturated carbocycles. The summed E-state index contributed by atoms with van der Waals surface area (Å²) in [5.74, 6) is -1.44. The topological polar surface area (TPSA) is 102 Å². The number of carbonyl (C=O) groups is 4. The first-order valence-corrected chi connectivity index (χ1v) is 9.61. The predicted octanol–water partition coefficient (Wildman–Crippen LogP) is 3.37. The van der Waals surface area contributed by atoms with Crippen LogP contribution in [0.4, 0.5) is 10.5 Å². The monoisotopic (exact) mass is 426 g/mol. The summed E-state index contributed by atoms with van der Waals surface area (Å²) in [6.45, 7) is -0.0999. The average Bonchev–Trinajstić information content (AvgIpc) is 3.04. The van der Waals surface area contributed by atoms with E-state index in [0.717, 1.165) is 16.7 Å². The molecule has 2 aromatic carbocycles. The number of amides is 2. The fourth-order valence-electron chi connectivity index (χ4n) is 2.71. The molecule has 0 aromatic heterocycles. The van der Waals surface area contributed by atoms with Crippen molar-refractivity contribution in [3.8, 4) is 0 Å². The Hall–Kier alpha value is -3.59. The quantitative estimate of drug-likeness (QED) is 0.554. The molecule has 9 heteroatoms. The number of anilines is 1. The maximum atomic E-state index is 12.6. The Morgan fingerprint density at radius 1 is 1.00 bits per heavy atom. The first-order chi connectivity index (χ1) is 14.4. The lowest BCUT2D eigenvalue weighted by atomic mass is 10.1. The molecule has 0 unspecified atom stereocenters. The molecule has 30 heavy (non-hydrogen) atoms. The molecule has 0 atom stereocenters. The lowest BCUT2D eigenvalue weighted by Crippen LogP contribution is -2.33. The lowest BCUT2D eigenvalue weighted by molar-refractivity contribution is -0.122. The van der Waals surface area contributed by atoms with Crippen LogP contribution in [0.5, 0.6) is 0 Å². The van der Waals surface area contributed by atoms with Crippen LogP contribution in [-0.2, 0) is 14.3 Å². The standard InChI is InChI=1S/C21H18N2O6S/c1-28-19(25)14-9-7-13(8-10-14)11-17-18(24)23(21(27)30-17)12-22-16-6-4-3-5-15(16)20(26)29-2/h3-11,22H,12H2,1-2H3/b17-11+. The Kier molecular flexibility index (Phi) is 6.53. The third-order valence-electron chi connectivity index (χ3n) is 4.26. The second kappa shape index (κ2) is 9.27. The Bertz CT molecular complexity index is 1030. The molecule has 0 aliphatic carbocycles. The summed E-state index contributed by atoms with van der Waals surface area (Å²) in [6, 6.07) is 13.1. The minimum Gasteiger partial charge on any atom is -0.465 e. The zero-order valence-electron chi connectivity index (χ0n) is 16.2. The van der Waals surface area contributed by atoms with E-state index in [-0.39, 0.29) is 11.6 Å². The molecule has 1 fully saturated rings. The van der Waals surface area contributed by atoms with E-state index in [0.29, 0.717) is 22.4 Å². The number of esters is 2. The van der Waals surface area contributed by atoms with Crippen molar-refractivity contribution in [2.45, 2.75) is 0 Å². The largest absolute Gasteiger partial charge is 0.465 e. The van der Waals surface area contributed by atoms with Gasteiger partial charge in [-0.15, -0.1) is 0 Å². The van der Waals surface area contributed by atoms with E-state index in [2.05, 4.69) is 10.1 Å². The number of methoxy groups -OCH3 is 2. The van der Waals surface area contributed by atoms with Crippen LogP contribution in [0.3, 0.4) is 0 Å². The van der Waals surface area contributed by atoms with Gasteiger partial charge in [0.15, 0.2) is 0 Å². The maximum absolute atomic E-state index is 12.6. The molecule has 3 rings (SSSR count). The second-order valence-corrected chi connectivity index (χ2v) is 7.09. The van der Waals surface area contributed by atoms with Gasteiger partial charge in [0.2, 0.25) is 0 Å². The number of benzene rings is 2. The number of hydrogen-bond acceptors (Lipinski definition) is 8. The van der Waals surface area contributed by atoms with Gasteiger partial charge in [-0.1, -0.05) is 24.3 Å². The van der Waals surface area contributed by atoms with E-state index < -0.39 is 23.1 Å². The van der Waals surface area contributed by atoms with Gasteiger partial charge in [0, 0.05) is 0 Å². The van der Waals surface area contributed by atoms with E-state index in [1.807, 2.05) is 0 Å². The highest BCUT2D eigenvalue weighted by Crippen LogP contribution is 2.32. The molecule has 1 heterocycles. The van der Waals surface area contributed by atoms with Crippen LogP contribution in [0, 0.1) is 0 Å². The average molecular weight is 426 g/mol. The van der Waals surface area contributed by atoms with Gasteiger partial charge in [-0.3, -0.25) is 14.5 Å². The van der Waals surface area contributed by atoms with Crippen molar-refractivity contribution in [2.24, 2.45) is 0 Å². The molecule has 0 radical (unpaired) electrons. The van der Waals surface area contributed by atoms with Crippen LogP contribution in [-0.4, -0.2) is 48.9 Å². The molecule has 1 saturated heterocycles. The van der Waals surface area contributed by atoms with Crippen molar-refractivity contribution in [1.29, 1.82) is 0 Å². The van der Waals surface area contributed by atoms with Crippen molar-refractivity contribution in [1.82, 2.24) is 4.90 Å². The zero-order valence-corrected chi connectivity index (χ0v) is 17.0. The molecule has 1 aliphatic rings. The van der Waals surface area contributed by atoms with Crippen molar-refractivity contribution in [3.63, 3.8) is 0 Å². The lowest BCUT2D eigenvalue weighted by Gasteiger charge is -2.16. The van der Waals surface area contributed by atoms with E-state index in [9.17, 15) is 19.2 Å². The molecule has 8 nitrogen and oxygen atoms in total. The number of hydrogen-bond donors (Lipinski definition) is 1. The number of para-hydroxylation sites is 1. The minimum atomic E-state index is -0.525. The summed E-state index contributed by atoms with van der Waals surface area (Å²) in [4.78, 5) is 49.6. The first-order valence-electron chi connectivity index (χ1n) is 8.79. The molecule has 2 amide bonds. The van der Waals surface area contributed by atoms with Crippen molar-refractivity contribution < 1.29 is 28.7 Å². The highest BCUT2D eigenvalue weighted by atomic mass is 32.2. The summed E-state index contributed by atoms with van der Waals surface area (Å²) in [5.41, 5.74) is 1.80. The molecule has 1 N–H and O–H groups in total. The molecule has 0 spiro atoms. The molecule has 2 aromatic rings. The maximum Gasteiger partial charge on any atom is 0.339 e. The highest BCUT2D eigenvalue weighted by molar-refractivity contribution is 8.18.